The van der Waals surface area contributed by atoms with Crippen molar-refractivity contribution in [3.63, 3.8) is 0 Å². The standard InChI is InChI=1S/C19H25N3O2/c1-12(2)18(23)20-9-10-21-19(24)13-7-8-17-15(11-13)14-5-3-4-6-16(14)22-17/h7-8,11-12,22H,3-6,9-10H2,1-2H3,(H,20,23)(H,21,24). The van der Waals surface area contributed by atoms with E-state index in [2.05, 4.69) is 15.6 Å². The van der Waals surface area contributed by atoms with Crippen molar-refractivity contribution >= 4 is 22.7 Å². The first kappa shape index (κ1) is 16.6. The topological polar surface area (TPSA) is 74.0 Å². The van der Waals surface area contributed by atoms with E-state index >= 15 is 0 Å². The highest BCUT2D eigenvalue weighted by atomic mass is 16.2. The van der Waals surface area contributed by atoms with Gasteiger partial charge in [0.1, 0.15) is 0 Å². The number of fused-ring (bicyclic) bond motifs is 3. The molecule has 0 radical (unpaired) electrons. The van der Waals surface area contributed by atoms with Crippen molar-refractivity contribution in [1.82, 2.24) is 15.6 Å². The zero-order valence-corrected chi connectivity index (χ0v) is 14.4. The Labute approximate surface area is 142 Å². The Balaban J connectivity index is 1.64. The number of aryl methyl sites for hydroxylation is 2. The van der Waals surface area contributed by atoms with Crippen molar-refractivity contribution in [3.8, 4) is 0 Å². The second-order valence-electron chi connectivity index (χ2n) is 6.75. The maximum atomic E-state index is 12.3. The van der Waals surface area contributed by atoms with Gasteiger partial charge < -0.3 is 15.6 Å². The molecule has 24 heavy (non-hydrogen) atoms. The summed E-state index contributed by atoms with van der Waals surface area (Å²) in [5.74, 6) is -0.131. The first-order valence-corrected chi connectivity index (χ1v) is 8.75. The fourth-order valence-electron chi connectivity index (χ4n) is 3.22. The van der Waals surface area contributed by atoms with Crippen LogP contribution in [0.3, 0.4) is 0 Å². The van der Waals surface area contributed by atoms with Crippen LogP contribution in [0.5, 0.6) is 0 Å². The van der Waals surface area contributed by atoms with Crippen molar-refractivity contribution < 1.29 is 9.59 Å². The number of aromatic amines is 1. The van der Waals surface area contributed by atoms with Gasteiger partial charge in [-0.15, -0.1) is 0 Å². The van der Waals surface area contributed by atoms with E-state index in [1.807, 2.05) is 32.0 Å². The van der Waals surface area contributed by atoms with Gasteiger partial charge in [0.15, 0.2) is 0 Å². The third kappa shape index (κ3) is 3.45. The lowest BCUT2D eigenvalue weighted by molar-refractivity contribution is -0.123. The van der Waals surface area contributed by atoms with Crippen molar-refractivity contribution in [2.75, 3.05) is 13.1 Å². The lowest BCUT2D eigenvalue weighted by atomic mass is 9.95. The van der Waals surface area contributed by atoms with Crippen LogP contribution in [0.2, 0.25) is 0 Å². The molecule has 0 spiro atoms. The van der Waals surface area contributed by atoms with E-state index in [1.165, 1.54) is 29.5 Å². The van der Waals surface area contributed by atoms with Gasteiger partial charge in [-0.1, -0.05) is 13.8 Å². The van der Waals surface area contributed by atoms with Crippen LogP contribution < -0.4 is 10.6 Å². The van der Waals surface area contributed by atoms with Gasteiger partial charge in [-0.25, -0.2) is 0 Å². The minimum absolute atomic E-state index is 0.00428. The number of benzene rings is 1. The Morgan fingerprint density at radius 1 is 1.12 bits per heavy atom. The summed E-state index contributed by atoms with van der Waals surface area (Å²) in [7, 11) is 0. The van der Waals surface area contributed by atoms with E-state index in [0.29, 0.717) is 18.7 Å². The van der Waals surface area contributed by atoms with Crippen LogP contribution >= 0.6 is 0 Å². The number of amides is 2. The summed E-state index contributed by atoms with van der Waals surface area (Å²) in [5.41, 5.74) is 4.48. The summed E-state index contributed by atoms with van der Waals surface area (Å²) < 4.78 is 0. The van der Waals surface area contributed by atoms with E-state index in [4.69, 9.17) is 0 Å². The number of H-pyrrole nitrogens is 1. The van der Waals surface area contributed by atoms with Crippen LogP contribution in [-0.4, -0.2) is 29.9 Å². The Hall–Kier alpha value is -2.30. The van der Waals surface area contributed by atoms with Crippen molar-refractivity contribution in [2.45, 2.75) is 39.5 Å². The normalized spacial score (nSPS) is 13.8. The lowest BCUT2D eigenvalue weighted by Gasteiger charge is -2.11. The molecule has 1 aromatic heterocycles. The molecule has 3 N–H and O–H groups in total. The summed E-state index contributed by atoms with van der Waals surface area (Å²) in [6.45, 7) is 4.58. The summed E-state index contributed by atoms with van der Waals surface area (Å²) in [5, 5.41) is 6.83. The highest BCUT2D eigenvalue weighted by molar-refractivity contribution is 5.99. The van der Waals surface area contributed by atoms with E-state index in [0.717, 1.165) is 18.4 Å². The summed E-state index contributed by atoms with van der Waals surface area (Å²) in [4.78, 5) is 27.3. The third-order valence-electron chi connectivity index (χ3n) is 4.59. The quantitative estimate of drug-likeness (QED) is 0.738. The molecule has 0 fully saturated rings. The minimum atomic E-state index is -0.0959. The molecule has 0 atom stereocenters. The van der Waals surface area contributed by atoms with Gasteiger partial charge in [0, 0.05) is 41.2 Å². The Kier molecular flexibility index (Phi) is 4.88. The summed E-state index contributed by atoms with van der Waals surface area (Å²) in [6, 6.07) is 5.83. The molecule has 1 heterocycles. The summed E-state index contributed by atoms with van der Waals surface area (Å²) in [6.07, 6.45) is 4.63. The first-order chi connectivity index (χ1) is 11.6. The predicted molar refractivity (Wildman–Crippen MR) is 95.1 cm³/mol. The Bertz CT molecular complexity index is 761. The van der Waals surface area contributed by atoms with Crippen molar-refractivity contribution in [1.29, 1.82) is 0 Å². The molecule has 0 bridgehead atoms. The van der Waals surface area contributed by atoms with E-state index < -0.39 is 0 Å². The predicted octanol–water partition coefficient (Wildman–Crippen LogP) is 2.55. The molecule has 1 aromatic carbocycles. The number of hydrogen-bond donors (Lipinski definition) is 3. The van der Waals surface area contributed by atoms with Gasteiger partial charge in [-0.2, -0.15) is 0 Å². The molecule has 0 saturated carbocycles. The molecule has 2 aromatic rings. The largest absolute Gasteiger partial charge is 0.358 e. The number of carbonyl (C=O) groups excluding carboxylic acids is 2. The number of hydrogen-bond acceptors (Lipinski definition) is 2. The summed E-state index contributed by atoms with van der Waals surface area (Å²) >= 11 is 0. The molecule has 0 unspecified atom stereocenters. The van der Waals surface area contributed by atoms with Crippen LogP contribution in [0.4, 0.5) is 0 Å². The third-order valence-corrected chi connectivity index (χ3v) is 4.59. The van der Waals surface area contributed by atoms with Crippen LogP contribution in [-0.2, 0) is 17.6 Å². The zero-order chi connectivity index (χ0) is 17.1. The second-order valence-corrected chi connectivity index (χ2v) is 6.75. The smallest absolute Gasteiger partial charge is 0.251 e. The molecule has 5 heteroatoms. The Morgan fingerprint density at radius 2 is 1.88 bits per heavy atom. The van der Waals surface area contributed by atoms with Crippen LogP contribution in [0.1, 0.15) is 48.3 Å². The van der Waals surface area contributed by atoms with E-state index in [9.17, 15) is 9.59 Å². The Morgan fingerprint density at radius 3 is 2.67 bits per heavy atom. The van der Waals surface area contributed by atoms with Crippen molar-refractivity contribution in [3.05, 3.63) is 35.0 Å². The SMILES string of the molecule is CC(C)C(=O)NCCNC(=O)c1ccc2[nH]c3c(c2c1)CCCC3. The molecule has 0 saturated heterocycles. The average Bonchev–Trinajstić information content (AvgIpc) is 2.96. The fourth-order valence-corrected chi connectivity index (χ4v) is 3.22. The van der Waals surface area contributed by atoms with E-state index in [1.54, 1.807) is 0 Å². The molecular weight excluding hydrogens is 302 g/mol. The van der Waals surface area contributed by atoms with Gasteiger partial charge in [-0.3, -0.25) is 9.59 Å². The average molecular weight is 327 g/mol. The van der Waals surface area contributed by atoms with Gasteiger partial charge in [-0.05, 0) is 49.4 Å². The number of nitrogens with one attached hydrogen (secondary N) is 3. The van der Waals surface area contributed by atoms with Gasteiger partial charge in [0.25, 0.3) is 5.91 Å². The number of aromatic nitrogens is 1. The van der Waals surface area contributed by atoms with Gasteiger partial charge in [0.2, 0.25) is 5.91 Å². The monoisotopic (exact) mass is 327 g/mol. The van der Waals surface area contributed by atoms with Crippen molar-refractivity contribution in [2.24, 2.45) is 5.92 Å². The fraction of sp³-hybridized carbons (Fsp3) is 0.474. The molecule has 5 nitrogen and oxygen atoms in total. The van der Waals surface area contributed by atoms with E-state index in [-0.39, 0.29) is 17.7 Å². The van der Waals surface area contributed by atoms with Crippen LogP contribution in [0, 0.1) is 5.92 Å². The maximum absolute atomic E-state index is 12.3. The van der Waals surface area contributed by atoms with Gasteiger partial charge >= 0.3 is 0 Å². The van der Waals surface area contributed by atoms with Gasteiger partial charge in [0.05, 0.1) is 0 Å². The molecule has 1 aliphatic carbocycles. The number of rotatable bonds is 5. The lowest BCUT2D eigenvalue weighted by Crippen LogP contribution is -2.36. The molecule has 2 amide bonds. The molecule has 1 aliphatic rings. The second kappa shape index (κ2) is 7.07. The molecule has 3 rings (SSSR count). The molecule has 0 aliphatic heterocycles. The molecule has 128 valence electrons. The molecular formula is C19H25N3O2. The first-order valence-electron chi connectivity index (χ1n) is 8.75. The highest BCUT2D eigenvalue weighted by Gasteiger charge is 2.16. The van der Waals surface area contributed by atoms with Crippen LogP contribution in [0.25, 0.3) is 10.9 Å². The maximum Gasteiger partial charge on any atom is 0.251 e. The minimum Gasteiger partial charge on any atom is -0.358 e. The number of carbonyl (C=O) groups is 2. The zero-order valence-electron chi connectivity index (χ0n) is 14.4. The highest BCUT2D eigenvalue weighted by Crippen LogP contribution is 2.29. The van der Waals surface area contributed by atoms with Crippen LogP contribution in [0.15, 0.2) is 18.2 Å².